The van der Waals surface area contributed by atoms with E-state index in [0.29, 0.717) is 22.6 Å². The Hall–Kier alpha value is -2.66. The van der Waals surface area contributed by atoms with Gasteiger partial charge in [-0.15, -0.1) is 0 Å². The summed E-state index contributed by atoms with van der Waals surface area (Å²) in [5, 5.41) is 0.195. The average Bonchev–Trinajstić information content (AvgIpc) is 2.57. The summed E-state index contributed by atoms with van der Waals surface area (Å²) in [5.41, 5.74) is 1.67. The molecule has 0 atom stereocenters. The minimum Gasteiger partial charge on any atom is -0.282 e. The summed E-state index contributed by atoms with van der Waals surface area (Å²) >= 11 is 0. The summed E-state index contributed by atoms with van der Waals surface area (Å²) in [6.45, 7) is 0. The zero-order valence-electron chi connectivity index (χ0n) is 12.9. The van der Waals surface area contributed by atoms with Gasteiger partial charge in [0.25, 0.3) is 20.2 Å². The Balaban J connectivity index is 2.28. The summed E-state index contributed by atoms with van der Waals surface area (Å²) in [6, 6.07) is 11.8. The third kappa shape index (κ3) is 2.69. The Bertz CT molecular complexity index is 1430. The number of rotatable bonds is 2. The number of para-hydroxylation sites is 2. The van der Waals surface area contributed by atoms with Crippen LogP contribution >= 0.6 is 0 Å². The van der Waals surface area contributed by atoms with Crippen molar-refractivity contribution in [3.05, 3.63) is 48.5 Å². The summed E-state index contributed by atoms with van der Waals surface area (Å²) in [4.78, 5) is 7.52. The summed E-state index contributed by atoms with van der Waals surface area (Å²) in [7, 11) is -9.48. The standard InChI is InChI=1S/C16H10N2O6S2/c19-25(20,21)10-7-9-5-6-13-16(15(9)14(8-10)26(22,23)24)18-12-4-2-1-3-11(12)17-13/h1-8H,(H,19,20,21)(H,22,23,24). The minimum atomic E-state index is -4.80. The molecule has 0 amide bonds. The van der Waals surface area contributed by atoms with E-state index in [9.17, 15) is 25.9 Å². The van der Waals surface area contributed by atoms with Gasteiger partial charge >= 0.3 is 0 Å². The van der Waals surface area contributed by atoms with E-state index in [0.717, 1.165) is 6.07 Å². The first-order chi connectivity index (χ1) is 12.1. The molecule has 0 fully saturated rings. The number of nitrogens with zero attached hydrogens (tertiary/aromatic N) is 2. The lowest BCUT2D eigenvalue weighted by Crippen LogP contribution is -2.05. The van der Waals surface area contributed by atoms with Crippen molar-refractivity contribution in [3.63, 3.8) is 0 Å². The van der Waals surface area contributed by atoms with Crippen LogP contribution in [0.2, 0.25) is 0 Å². The van der Waals surface area contributed by atoms with Crippen LogP contribution in [-0.4, -0.2) is 35.9 Å². The highest BCUT2D eigenvalue weighted by Gasteiger charge is 2.22. The maximum absolute atomic E-state index is 11.9. The van der Waals surface area contributed by atoms with Gasteiger partial charge in [-0.1, -0.05) is 18.2 Å². The second-order valence-electron chi connectivity index (χ2n) is 5.62. The van der Waals surface area contributed by atoms with E-state index in [4.69, 9.17) is 0 Å². The monoisotopic (exact) mass is 390 g/mol. The lowest BCUT2D eigenvalue weighted by Gasteiger charge is -2.10. The molecule has 0 saturated heterocycles. The molecule has 0 aliphatic rings. The molecule has 1 heterocycles. The van der Waals surface area contributed by atoms with Gasteiger partial charge in [0, 0.05) is 5.39 Å². The van der Waals surface area contributed by atoms with Gasteiger partial charge in [-0.25, -0.2) is 9.97 Å². The van der Waals surface area contributed by atoms with Crippen molar-refractivity contribution >= 4 is 53.1 Å². The van der Waals surface area contributed by atoms with Crippen molar-refractivity contribution in [1.82, 2.24) is 9.97 Å². The van der Waals surface area contributed by atoms with E-state index >= 15 is 0 Å². The fraction of sp³-hybridized carbons (Fsp3) is 0. The SMILES string of the molecule is O=S(=O)(O)c1cc(S(=O)(=O)O)c2c(ccc3nc4ccccc4nc32)c1. The second-order valence-corrected chi connectivity index (χ2v) is 8.43. The summed E-state index contributed by atoms with van der Waals surface area (Å²) in [6.07, 6.45) is 0. The molecule has 1 aromatic heterocycles. The van der Waals surface area contributed by atoms with Crippen LogP contribution in [0.3, 0.4) is 0 Å². The molecule has 0 saturated carbocycles. The van der Waals surface area contributed by atoms with Gasteiger partial charge in [0.15, 0.2) is 0 Å². The van der Waals surface area contributed by atoms with Gasteiger partial charge in [-0.2, -0.15) is 16.8 Å². The van der Waals surface area contributed by atoms with Crippen molar-refractivity contribution in [3.8, 4) is 0 Å². The van der Waals surface area contributed by atoms with E-state index in [1.165, 1.54) is 6.07 Å². The van der Waals surface area contributed by atoms with E-state index < -0.39 is 30.0 Å². The third-order valence-electron chi connectivity index (χ3n) is 3.94. The van der Waals surface area contributed by atoms with Crippen molar-refractivity contribution in [1.29, 1.82) is 0 Å². The molecule has 8 nitrogen and oxygen atoms in total. The molecule has 10 heteroatoms. The molecule has 0 aliphatic heterocycles. The van der Waals surface area contributed by atoms with E-state index in [1.54, 1.807) is 30.3 Å². The second kappa shape index (κ2) is 5.42. The van der Waals surface area contributed by atoms with E-state index in [2.05, 4.69) is 9.97 Å². The van der Waals surface area contributed by atoms with Gasteiger partial charge in [-0.05, 0) is 35.7 Å². The van der Waals surface area contributed by atoms with Crippen LogP contribution in [0.5, 0.6) is 0 Å². The van der Waals surface area contributed by atoms with E-state index in [-0.39, 0.29) is 16.3 Å². The van der Waals surface area contributed by atoms with E-state index in [1.807, 2.05) is 0 Å². The number of fused-ring (bicyclic) bond motifs is 4. The van der Waals surface area contributed by atoms with Crippen LogP contribution in [0.25, 0.3) is 32.8 Å². The molecule has 3 aromatic carbocycles. The Morgan fingerprint density at radius 1 is 0.731 bits per heavy atom. The number of hydrogen-bond acceptors (Lipinski definition) is 6. The summed E-state index contributed by atoms with van der Waals surface area (Å²) < 4.78 is 65.5. The van der Waals surface area contributed by atoms with Crippen LogP contribution in [-0.2, 0) is 20.2 Å². The van der Waals surface area contributed by atoms with Crippen molar-refractivity contribution in [2.75, 3.05) is 0 Å². The lowest BCUT2D eigenvalue weighted by molar-refractivity contribution is 0.482. The van der Waals surface area contributed by atoms with Crippen molar-refractivity contribution < 1.29 is 25.9 Å². The molecular weight excluding hydrogens is 380 g/mol. The van der Waals surface area contributed by atoms with Gasteiger partial charge in [0.2, 0.25) is 0 Å². The van der Waals surface area contributed by atoms with Crippen LogP contribution in [0.15, 0.2) is 58.3 Å². The minimum absolute atomic E-state index is 0.0238. The Morgan fingerprint density at radius 3 is 2.00 bits per heavy atom. The molecule has 0 spiro atoms. The van der Waals surface area contributed by atoms with Crippen LogP contribution in [0.1, 0.15) is 0 Å². The predicted molar refractivity (Wildman–Crippen MR) is 94.2 cm³/mol. The van der Waals surface area contributed by atoms with Gasteiger partial charge in [-0.3, -0.25) is 9.11 Å². The average molecular weight is 390 g/mol. The molecule has 0 aliphatic carbocycles. The molecule has 4 aromatic rings. The number of hydrogen-bond donors (Lipinski definition) is 2. The zero-order valence-corrected chi connectivity index (χ0v) is 14.5. The zero-order chi connectivity index (χ0) is 18.7. The highest BCUT2D eigenvalue weighted by atomic mass is 32.2. The molecule has 0 radical (unpaired) electrons. The first-order valence-corrected chi connectivity index (χ1v) is 10.1. The van der Waals surface area contributed by atoms with Crippen molar-refractivity contribution in [2.45, 2.75) is 9.79 Å². The Kier molecular flexibility index (Phi) is 3.50. The highest BCUT2D eigenvalue weighted by Crippen LogP contribution is 2.32. The number of benzene rings is 3. The maximum Gasteiger partial charge on any atom is 0.295 e. The van der Waals surface area contributed by atoms with Gasteiger partial charge in [0.05, 0.1) is 27.0 Å². The third-order valence-corrected chi connectivity index (χ3v) is 5.65. The largest absolute Gasteiger partial charge is 0.295 e. The van der Waals surface area contributed by atoms with Crippen LogP contribution < -0.4 is 0 Å². The smallest absolute Gasteiger partial charge is 0.282 e. The Labute approximate surface area is 147 Å². The molecule has 26 heavy (non-hydrogen) atoms. The fourth-order valence-corrected chi connectivity index (χ4v) is 4.20. The van der Waals surface area contributed by atoms with Crippen LogP contribution in [0.4, 0.5) is 0 Å². The highest BCUT2D eigenvalue weighted by molar-refractivity contribution is 7.86. The predicted octanol–water partition coefficient (Wildman–Crippen LogP) is 2.43. The molecule has 0 bridgehead atoms. The van der Waals surface area contributed by atoms with Crippen molar-refractivity contribution in [2.24, 2.45) is 0 Å². The van der Waals surface area contributed by atoms with Gasteiger partial charge in [0.1, 0.15) is 4.90 Å². The Morgan fingerprint density at radius 2 is 1.38 bits per heavy atom. The fourth-order valence-electron chi connectivity index (χ4n) is 2.83. The number of aromatic nitrogens is 2. The van der Waals surface area contributed by atoms with Crippen LogP contribution in [0, 0.1) is 0 Å². The maximum atomic E-state index is 11.9. The normalized spacial score (nSPS) is 12.8. The lowest BCUT2D eigenvalue weighted by atomic mass is 10.1. The molecule has 2 N–H and O–H groups in total. The first kappa shape index (κ1) is 16.8. The molecule has 132 valence electrons. The molecular formula is C16H10N2O6S2. The summed E-state index contributed by atoms with van der Waals surface area (Å²) in [5.74, 6) is 0. The molecule has 0 unspecified atom stereocenters. The molecule has 4 rings (SSSR count). The topological polar surface area (TPSA) is 135 Å². The quantitative estimate of drug-likeness (QED) is 0.303. The van der Waals surface area contributed by atoms with Gasteiger partial charge < -0.3 is 0 Å². The first-order valence-electron chi connectivity index (χ1n) is 7.23.